The molecule has 1 N–H and O–H groups in total. The van der Waals surface area contributed by atoms with Crippen molar-refractivity contribution < 1.29 is 0 Å². The highest BCUT2D eigenvalue weighted by atomic mass is 79.9. The highest BCUT2D eigenvalue weighted by Crippen LogP contribution is 2.44. The molecule has 5 nitrogen and oxygen atoms in total. The van der Waals surface area contributed by atoms with E-state index in [-0.39, 0.29) is 0 Å². The van der Waals surface area contributed by atoms with Crippen LogP contribution >= 0.6 is 27.5 Å². The Morgan fingerprint density at radius 2 is 2.19 bits per heavy atom. The maximum atomic E-state index is 6.05. The zero-order valence-electron chi connectivity index (χ0n) is 8.11. The van der Waals surface area contributed by atoms with Gasteiger partial charge in [0.1, 0.15) is 10.8 Å². The van der Waals surface area contributed by atoms with Crippen LogP contribution in [0.4, 0.5) is 0 Å². The number of halogens is 2. The maximum absolute atomic E-state index is 6.05. The summed E-state index contributed by atoms with van der Waals surface area (Å²) in [6.07, 6.45) is 3.89. The number of aromatic amines is 1. The molecule has 1 aliphatic rings. The zero-order valence-corrected chi connectivity index (χ0v) is 10.5. The van der Waals surface area contributed by atoms with Crippen LogP contribution in [0.1, 0.15) is 24.5 Å². The number of H-pyrrole nitrogens is 1. The summed E-state index contributed by atoms with van der Waals surface area (Å²) in [7, 11) is 0. The minimum Gasteiger partial charge on any atom is -0.230 e. The van der Waals surface area contributed by atoms with E-state index in [1.54, 1.807) is 6.20 Å². The van der Waals surface area contributed by atoms with Crippen molar-refractivity contribution in [1.29, 1.82) is 0 Å². The molecule has 1 fully saturated rings. The number of nitrogens with zero attached hydrogens (tertiary/aromatic N) is 4. The number of hydrogen-bond donors (Lipinski definition) is 1. The van der Waals surface area contributed by atoms with Gasteiger partial charge in [0.25, 0.3) is 0 Å². The third-order valence-electron chi connectivity index (χ3n) is 2.44. The van der Waals surface area contributed by atoms with Crippen molar-refractivity contribution in [1.82, 2.24) is 25.4 Å². The van der Waals surface area contributed by atoms with Crippen LogP contribution in [0.25, 0.3) is 11.5 Å². The molecule has 82 valence electrons. The molecule has 7 heteroatoms. The summed E-state index contributed by atoms with van der Waals surface area (Å²) in [6.45, 7) is 0. The Morgan fingerprint density at radius 1 is 1.38 bits per heavy atom. The molecule has 0 spiro atoms. The normalized spacial score (nSPS) is 15.4. The summed E-state index contributed by atoms with van der Waals surface area (Å²) in [6, 6.07) is 0. The third kappa shape index (κ3) is 1.72. The lowest BCUT2D eigenvalue weighted by molar-refractivity contribution is 0.930. The molecule has 1 aliphatic carbocycles. The largest absolute Gasteiger partial charge is 0.230 e. The van der Waals surface area contributed by atoms with Gasteiger partial charge in [-0.1, -0.05) is 11.6 Å². The first-order valence-electron chi connectivity index (χ1n) is 4.85. The number of hydrogen-bond acceptors (Lipinski definition) is 4. The summed E-state index contributed by atoms with van der Waals surface area (Å²) < 4.78 is 0.795. The second-order valence-corrected chi connectivity index (χ2v) is 4.82. The van der Waals surface area contributed by atoms with Crippen molar-refractivity contribution in [3.8, 4) is 11.5 Å². The standard InChI is InChI=1S/C9H7BrClN5/c10-6-7(4-1-2-4)13-9(14-8(6)11)5-3-12-16-15-5/h3-4H,1-2H2,(H,12,15,16). The molecule has 16 heavy (non-hydrogen) atoms. The van der Waals surface area contributed by atoms with Crippen molar-refractivity contribution in [2.24, 2.45) is 0 Å². The van der Waals surface area contributed by atoms with Crippen LogP contribution in [0.15, 0.2) is 10.7 Å². The van der Waals surface area contributed by atoms with Crippen molar-refractivity contribution >= 4 is 27.5 Å². The fourth-order valence-corrected chi connectivity index (χ4v) is 2.17. The first kappa shape index (κ1) is 10.2. The van der Waals surface area contributed by atoms with Gasteiger partial charge in [-0.25, -0.2) is 9.97 Å². The Balaban J connectivity index is 2.13. The van der Waals surface area contributed by atoms with Crippen LogP contribution in [-0.2, 0) is 0 Å². The quantitative estimate of drug-likeness (QED) is 0.866. The summed E-state index contributed by atoms with van der Waals surface area (Å²) in [5, 5.41) is 10.6. The highest BCUT2D eigenvalue weighted by Gasteiger charge is 2.29. The van der Waals surface area contributed by atoms with E-state index in [0.717, 1.165) is 23.0 Å². The lowest BCUT2D eigenvalue weighted by atomic mass is 10.3. The number of aromatic nitrogens is 5. The number of rotatable bonds is 2. The van der Waals surface area contributed by atoms with E-state index in [0.29, 0.717) is 22.6 Å². The smallest absolute Gasteiger partial charge is 0.183 e. The lowest BCUT2D eigenvalue weighted by Gasteiger charge is -2.05. The topological polar surface area (TPSA) is 67.3 Å². The van der Waals surface area contributed by atoms with Crippen molar-refractivity contribution in [2.75, 3.05) is 0 Å². The minimum atomic E-state index is 0.426. The molecule has 2 heterocycles. The van der Waals surface area contributed by atoms with Crippen LogP contribution in [0, 0.1) is 0 Å². The van der Waals surface area contributed by atoms with Crippen molar-refractivity contribution in [3.63, 3.8) is 0 Å². The molecule has 3 rings (SSSR count). The van der Waals surface area contributed by atoms with Gasteiger partial charge in [0, 0.05) is 5.92 Å². The van der Waals surface area contributed by atoms with E-state index in [9.17, 15) is 0 Å². The van der Waals surface area contributed by atoms with Gasteiger partial charge < -0.3 is 0 Å². The molecule has 0 aromatic carbocycles. The zero-order chi connectivity index (χ0) is 11.1. The summed E-state index contributed by atoms with van der Waals surface area (Å²) in [5.41, 5.74) is 1.58. The predicted molar refractivity (Wildman–Crippen MR) is 62.1 cm³/mol. The molecule has 0 bridgehead atoms. The average molecular weight is 301 g/mol. The molecule has 0 aliphatic heterocycles. The number of nitrogens with one attached hydrogen (secondary N) is 1. The van der Waals surface area contributed by atoms with Crippen LogP contribution in [-0.4, -0.2) is 25.4 Å². The molecule has 0 radical (unpaired) electrons. The monoisotopic (exact) mass is 299 g/mol. The SMILES string of the molecule is Clc1nc(-c2cn[nH]n2)nc(C2CC2)c1Br. The van der Waals surface area contributed by atoms with Gasteiger partial charge in [0.2, 0.25) is 0 Å². The lowest BCUT2D eigenvalue weighted by Crippen LogP contribution is -1.97. The van der Waals surface area contributed by atoms with Crippen LogP contribution in [0.3, 0.4) is 0 Å². The molecular weight excluding hydrogens is 293 g/mol. The molecule has 1 saturated carbocycles. The van der Waals surface area contributed by atoms with Crippen LogP contribution in [0.5, 0.6) is 0 Å². The van der Waals surface area contributed by atoms with Gasteiger partial charge in [-0.3, -0.25) is 0 Å². The summed E-state index contributed by atoms with van der Waals surface area (Å²) in [4.78, 5) is 8.64. The van der Waals surface area contributed by atoms with Gasteiger partial charge in [-0.2, -0.15) is 15.4 Å². The van der Waals surface area contributed by atoms with E-state index in [1.807, 2.05) is 0 Å². The Bertz CT molecular complexity index is 523. The van der Waals surface area contributed by atoms with E-state index < -0.39 is 0 Å². The average Bonchev–Trinajstić information content (AvgIpc) is 2.96. The van der Waals surface area contributed by atoms with E-state index in [1.165, 1.54) is 0 Å². The van der Waals surface area contributed by atoms with Gasteiger partial charge in [-0.15, -0.1) is 0 Å². The van der Waals surface area contributed by atoms with E-state index in [2.05, 4.69) is 41.3 Å². The molecule has 0 atom stereocenters. The fraction of sp³-hybridized carbons (Fsp3) is 0.333. The molecule has 0 unspecified atom stereocenters. The van der Waals surface area contributed by atoms with Gasteiger partial charge in [0.15, 0.2) is 5.82 Å². The van der Waals surface area contributed by atoms with Gasteiger partial charge in [0.05, 0.1) is 16.4 Å². The molecule has 2 aromatic heterocycles. The van der Waals surface area contributed by atoms with Crippen LogP contribution < -0.4 is 0 Å². The van der Waals surface area contributed by atoms with E-state index in [4.69, 9.17) is 11.6 Å². The fourth-order valence-electron chi connectivity index (χ4n) is 1.49. The Labute approximate surface area is 105 Å². The first-order chi connectivity index (χ1) is 7.75. The summed E-state index contributed by atoms with van der Waals surface area (Å²) in [5.74, 6) is 1.02. The van der Waals surface area contributed by atoms with Crippen molar-refractivity contribution in [3.05, 3.63) is 21.5 Å². The van der Waals surface area contributed by atoms with Gasteiger partial charge >= 0.3 is 0 Å². The van der Waals surface area contributed by atoms with Crippen LogP contribution in [0.2, 0.25) is 5.15 Å². The van der Waals surface area contributed by atoms with E-state index >= 15 is 0 Å². The Hall–Kier alpha value is -1.01. The molecular formula is C9H7BrClN5. The minimum absolute atomic E-state index is 0.426. The molecule has 0 amide bonds. The maximum Gasteiger partial charge on any atom is 0.183 e. The summed E-state index contributed by atoms with van der Waals surface area (Å²) >= 11 is 9.47. The van der Waals surface area contributed by atoms with Crippen molar-refractivity contribution in [2.45, 2.75) is 18.8 Å². The Morgan fingerprint density at radius 3 is 2.81 bits per heavy atom. The second-order valence-electron chi connectivity index (χ2n) is 3.67. The molecule has 0 saturated heterocycles. The highest BCUT2D eigenvalue weighted by molar-refractivity contribution is 9.10. The third-order valence-corrected chi connectivity index (χ3v) is 3.73. The molecule has 2 aromatic rings. The first-order valence-corrected chi connectivity index (χ1v) is 6.02. The second kappa shape index (κ2) is 3.78. The predicted octanol–water partition coefficient (Wildman–Crippen LogP) is 2.56. The van der Waals surface area contributed by atoms with Gasteiger partial charge in [-0.05, 0) is 28.8 Å². The Kier molecular flexibility index (Phi) is 2.40.